The first-order valence-corrected chi connectivity index (χ1v) is 11.6. The summed E-state index contributed by atoms with van der Waals surface area (Å²) in [5.74, 6) is -0.122. The second-order valence-corrected chi connectivity index (χ2v) is 9.11. The van der Waals surface area contributed by atoms with Crippen LogP contribution in [0.1, 0.15) is 25.3 Å². The molecule has 0 radical (unpaired) electrons. The number of nitrogens with zero attached hydrogens (tertiary/aromatic N) is 5. The normalized spacial score (nSPS) is 17.7. The van der Waals surface area contributed by atoms with Crippen molar-refractivity contribution in [1.82, 2.24) is 20.6 Å². The summed E-state index contributed by atoms with van der Waals surface area (Å²) in [6.45, 7) is 5.91. The molecule has 11 nitrogen and oxygen atoms in total. The third kappa shape index (κ3) is 6.07. The number of hydrogen-bond acceptors (Lipinski definition) is 8. The summed E-state index contributed by atoms with van der Waals surface area (Å²) in [6, 6.07) is 5.09. The predicted molar refractivity (Wildman–Crippen MR) is 131 cm³/mol. The van der Waals surface area contributed by atoms with Crippen molar-refractivity contribution in [3.63, 3.8) is 0 Å². The van der Waals surface area contributed by atoms with Gasteiger partial charge in [0.05, 0.1) is 29.4 Å². The van der Waals surface area contributed by atoms with Crippen molar-refractivity contribution in [2.24, 2.45) is 0 Å². The number of carboxylic acid groups (broad SMARTS) is 1. The van der Waals surface area contributed by atoms with Gasteiger partial charge in [-0.05, 0) is 25.8 Å². The number of rotatable bonds is 5. The third-order valence-corrected chi connectivity index (χ3v) is 6.48. The molecule has 2 saturated heterocycles. The summed E-state index contributed by atoms with van der Waals surface area (Å²) in [5, 5.41) is 30.7. The number of aliphatic hydroxyl groups is 1. The van der Waals surface area contributed by atoms with E-state index in [-0.39, 0.29) is 12.4 Å². The van der Waals surface area contributed by atoms with Crippen LogP contribution in [0.2, 0.25) is 0 Å². The molecular formula is C23H31FN8O3. The van der Waals surface area contributed by atoms with Crippen molar-refractivity contribution in [3.05, 3.63) is 42.0 Å². The number of piperazine rings is 1. The first-order chi connectivity index (χ1) is 16.7. The molecule has 2 fully saturated rings. The number of amides is 1. The second-order valence-electron chi connectivity index (χ2n) is 9.11. The SMILES string of the molecule is CC1(O)CCN(c2ncc(N3CCN(c4cccc(CNC(=N)NC(=O)O)c4F)CC3)cn2)CC1. The molecule has 0 aliphatic carbocycles. The lowest BCUT2D eigenvalue weighted by molar-refractivity contribution is 0.0349. The van der Waals surface area contributed by atoms with Crippen LogP contribution in [0.25, 0.3) is 0 Å². The summed E-state index contributed by atoms with van der Waals surface area (Å²) in [7, 11) is 0. The van der Waals surface area contributed by atoms with Crippen LogP contribution in [0.3, 0.4) is 0 Å². The molecule has 1 amide bonds. The third-order valence-electron chi connectivity index (χ3n) is 6.48. The Labute approximate surface area is 203 Å². The minimum absolute atomic E-state index is 0.00297. The molecule has 2 aliphatic rings. The number of halogens is 1. The van der Waals surface area contributed by atoms with E-state index >= 15 is 4.39 Å². The van der Waals surface area contributed by atoms with Crippen LogP contribution >= 0.6 is 0 Å². The highest BCUT2D eigenvalue weighted by Crippen LogP contribution is 2.26. The summed E-state index contributed by atoms with van der Waals surface area (Å²) < 4.78 is 15.1. The number of aromatic nitrogens is 2. The van der Waals surface area contributed by atoms with Gasteiger partial charge in [0.25, 0.3) is 0 Å². The summed E-state index contributed by atoms with van der Waals surface area (Å²) in [4.78, 5) is 25.9. The quantitative estimate of drug-likeness (QED) is 0.315. The van der Waals surface area contributed by atoms with E-state index in [1.165, 1.54) is 0 Å². The molecule has 2 aromatic rings. The van der Waals surface area contributed by atoms with Crippen LogP contribution in [-0.2, 0) is 6.54 Å². The number of benzene rings is 1. The summed E-state index contributed by atoms with van der Waals surface area (Å²) in [6.07, 6.45) is 3.66. The van der Waals surface area contributed by atoms with Gasteiger partial charge in [-0.3, -0.25) is 10.7 Å². The second kappa shape index (κ2) is 10.3. The van der Waals surface area contributed by atoms with Gasteiger partial charge in [0.2, 0.25) is 5.95 Å². The topological polar surface area (TPSA) is 141 Å². The van der Waals surface area contributed by atoms with Crippen LogP contribution in [0.5, 0.6) is 0 Å². The average molecular weight is 487 g/mol. The minimum atomic E-state index is -1.35. The van der Waals surface area contributed by atoms with Crippen molar-refractivity contribution in [2.75, 3.05) is 54.0 Å². The number of nitrogens with one attached hydrogen (secondary N) is 3. The van der Waals surface area contributed by atoms with Crippen molar-refractivity contribution in [1.29, 1.82) is 5.41 Å². The van der Waals surface area contributed by atoms with Crippen molar-refractivity contribution < 1.29 is 19.4 Å². The average Bonchev–Trinajstić information content (AvgIpc) is 2.83. The highest BCUT2D eigenvalue weighted by molar-refractivity contribution is 5.91. The molecule has 0 bridgehead atoms. The predicted octanol–water partition coefficient (Wildman–Crippen LogP) is 1.59. The van der Waals surface area contributed by atoms with Crippen molar-refractivity contribution in [3.8, 4) is 0 Å². The Kier molecular flexibility index (Phi) is 7.20. The van der Waals surface area contributed by atoms with Gasteiger partial charge in [-0.1, -0.05) is 12.1 Å². The molecule has 3 heterocycles. The number of carbonyl (C=O) groups is 1. The molecular weight excluding hydrogens is 455 g/mol. The molecule has 0 unspecified atom stereocenters. The Morgan fingerprint density at radius 3 is 2.34 bits per heavy atom. The fraction of sp³-hybridized carbons (Fsp3) is 0.478. The number of anilines is 3. The number of piperidine rings is 1. The van der Waals surface area contributed by atoms with Crippen LogP contribution in [0.4, 0.5) is 26.5 Å². The summed E-state index contributed by atoms with van der Waals surface area (Å²) >= 11 is 0. The Morgan fingerprint density at radius 2 is 1.71 bits per heavy atom. The van der Waals surface area contributed by atoms with E-state index in [4.69, 9.17) is 10.5 Å². The van der Waals surface area contributed by atoms with E-state index in [1.807, 2.05) is 29.5 Å². The van der Waals surface area contributed by atoms with Gasteiger partial charge in [0.15, 0.2) is 11.8 Å². The Balaban J connectivity index is 1.32. The van der Waals surface area contributed by atoms with Crippen LogP contribution in [0.15, 0.2) is 30.6 Å². The van der Waals surface area contributed by atoms with Gasteiger partial charge in [-0.25, -0.2) is 19.2 Å². The maximum absolute atomic E-state index is 15.1. The van der Waals surface area contributed by atoms with E-state index in [9.17, 15) is 9.90 Å². The molecule has 4 rings (SSSR count). The molecule has 35 heavy (non-hydrogen) atoms. The molecule has 0 spiro atoms. The highest BCUT2D eigenvalue weighted by atomic mass is 19.1. The maximum Gasteiger partial charge on any atom is 0.411 e. The lowest BCUT2D eigenvalue weighted by Gasteiger charge is -2.38. The Hall–Kier alpha value is -3.67. The van der Waals surface area contributed by atoms with Crippen LogP contribution in [0, 0.1) is 11.2 Å². The molecule has 188 valence electrons. The Morgan fingerprint density at radius 1 is 1.09 bits per heavy atom. The van der Waals surface area contributed by atoms with E-state index in [1.54, 1.807) is 18.2 Å². The van der Waals surface area contributed by atoms with E-state index in [0.29, 0.717) is 56.2 Å². The van der Waals surface area contributed by atoms with Gasteiger partial charge in [0, 0.05) is 51.4 Å². The molecule has 0 saturated carbocycles. The largest absolute Gasteiger partial charge is 0.465 e. The molecule has 12 heteroatoms. The van der Waals surface area contributed by atoms with Crippen LogP contribution in [-0.4, -0.2) is 77.1 Å². The molecule has 5 N–H and O–H groups in total. The zero-order valence-corrected chi connectivity index (χ0v) is 19.7. The zero-order valence-electron chi connectivity index (χ0n) is 19.7. The van der Waals surface area contributed by atoms with E-state index < -0.39 is 17.7 Å². The molecule has 2 aliphatic heterocycles. The van der Waals surface area contributed by atoms with E-state index in [2.05, 4.69) is 25.1 Å². The van der Waals surface area contributed by atoms with Crippen molar-refractivity contribution in [2.45, 2.75) is 31.9 Å². The minimum Gasteiger partial charge on any atom is -0.465 e. The zero-order chi connectivity index (χ0) is 25.0. The number of guanidine groups is 1. The Bertz CT molecular complexity index is 1050. The fourth-order valence-corrected chi connectivity index (χ4v) is 4.32. The standard InChI is InChI=1S/C23H31FN8O3/c1-23(35)5-7-32(8-6-23)21-27-14-17(15-28-21)30-9-11-31(12-10-30)18-4-2-3-16(19(18)24)13-26-20(25)29-22(33)34/h2-4,14-15,35H,5-13H2,1H3,(H,33,34)(H3,25,26,29). The van der Waals surface area contributed by atoms with Gasteiger partial charge < -0.3 is 30.2 Å². The van der Waals surface area contributed by atoms with Gasteiger partial charge >= 0.3 is 6.09 Å². The lowest BCUT2D eigenvalue weighted by Crippen LogP contribution is -2.47. The monoisotopic (exact) mass is 486 g/mol. The van der Waals surface area contributed by atoms with Gasteiger partial charge in [-0.15, -0.1) is 0 Å². The molecule has 0 atom stereocenters. The van der Waals surface area contributed by atoms with Crippen molar-refractivity contribution >= 4 is 29.4 Å². The smallest absolute Gasteiger partial charge is 0.411 e. The highest BCUT2D eigenvalue weighted by Gasteiger charge is 2.28. The first-order valence-electron chi connectivity index (χ1n) is 11.6. The fourth-order valence-electron chi connectivity index (χ4n) is 4.32. The van der Waals surface area contributed by atoms with Crippen LogP contribution < -0.4 is 25.3 Å². The maximum atomic E-state index is 15.1. The lowest BCUT2D eigenvalue weighted by atomic mass is 9.94. The summed E-state index contributed by atoms with van der Waals surface area (Å²) in [5.41, 5.74) is 1.13. The van der Waals surface area contributed by atoms with Gasteiger partial charge in [0.1, 0.15) is 0 Å². The first kappa shape index (κ1) is 24.5. The molecule has 1 aromatic heterocycles. The number of hydrogen-bond donors (Lipinski definition) is 5. The molecule has 1 aromatic carbocycles. The van der Waals surface area contributed by atoms with Gasteiger partial charge in [-0.2, -0.15) is 0 Å². The van der Waals surface area contributed by atoms with E-state index in [0.717, 1.165) is 18.8 Å².